The first kappa shape index (κ1) is 12.8. The number of hydrogen-bond donors (Lipinski definition) is 1. The van der Waals surface area contributed by atoms with Crippen molar-refractivity contribution in [2.45, 2.75) is 13.0 Å². The highest BCUT2D eigenvalue weighted by molar-refractivity contribution is 9.10. The number of rotatable bonds is 4. The first-order chi connectivity index (χ1) is 7.58. The number of carbonyl (C=O) groups is 1. The molecule has 1 aromatic carbocycles. The SMILES string of the molecule is C=CC(=O)N[C@@H](C)c1ccc(OC)cc1Br. The van der Waals surface area contributed by atoms with Gasteiger partial charge in [-0.15, -0.1) is 0 Å². The molecule has 0 spiro atoms. The Morgan fingerprint density at radius 2 is 2.31 bits per heavy atom. The van der Waals surface area contributed by atoms with E-state index >= 15 is 0 Å². The summed E-state index contributed by atoms with van der Waals surface area (Å²) in [6.45, 7) is 5.32. The van der Waals surface area contributed by atoms with Gasteiger partial charge in [-0.25, -0.2) is 0 Å². The topological polar surface area (TPSA) is 38.3 Å². The summed E-state index contributed by atoms with van der Waals surface area (Å²) in [7, 11) is 1.62. The summed E-state index contributed by atoms with van der Waals surface area (Å²) in [4.78, 5) is 11.2. The minimum atomic E-state index is -0.185. The molecule has 0 unspecified atom stereocenters. The lowest BCUT2D eigenvalue weighted by molar-refractivity contribution is -0.117. The zero-order valence-electron chi connectivity index (χ0n) is 9.29. The average Bonchev–Trinajstić information content (AvgIpc) is 2.28. The van der Waals surface area contributed by atoms with E-state index in [-0.39, 0.29) is 11.9 Å². The number of benzene rings is 1. The maximum atomic E-state index is 11.2. The van der Waals surface area contributed by atoms with Crippen LogP contribution >= 0.6 is 15.9 Å². The molecule has 1 amide bonds. The molecule has 1 rings (SSSR count). The summed E-state index contributed by atoms with van der Waals surface area (Å²) in [6.07, 6.45) is 1.26. The second-order valence-corrected chi connectivity index (χ2v) is 4.18. The zero-order chi connectivity index (χ0) is 12.1. The highest BCUT2D eigenvalue weighted by Gasteiger charge is 2.11. The summed E-state index contributed by atoms with van der Waals surface area (Å²) in [5.41, 5.74) is 0.996. The van der Waals surface area contributed by atoms with Gasteiger partial charge in [-0.05, 0) is 30.7 Å². The van der Waals surface area contributed by atoms with Gasteiger partial charge < -0.3 is 10.1 Å². The molecule has 3 nitrogen and oxygen atoms in total. The molecule has 0 aromatic heterocycles. The summed E-state index contributed by atoms with van der Waals surface area (Å²) >= 11 is 3.44. The van der Waals surface area contributed by atoms with Crippen molar-refractivity contribution in [3.63, 3.8) is 0 Å². The van der Waals surface area contributed by atoms with Crippen molar-refractivity contribution >= 4 is 21.8 Å². The fourth-order valence-electron chi connectivity index (χ4n) is 1.34. The van der Waals surface area contributed by atoms with E-state index < -0.39 is 0 Å². The number of halogens is 1. The normalized spacial score (nSPS) is 11.7. The molecule has 86 valence electrons. The van der Waals surface area contributed by atoms with Crippen LogP contribution in [0.4, 0.5) is 0 Å². The Morgan fingerprint density at radius 1 is 1.62 bits per heavy atom. The Labute approximate surface area is 104 Å². The first-order valence-electron chi connectivity index (χ1n) is 4.85. The molecule has 4 heteroatoms. The van der Waals surface area contributed by atoms with Crippen molar-refractivity contribution < 1.29 is 9.53 Å². The van der Waals surface area contributed by atoms with Crippen LogP contribution in [0.1, 0.15) is 18.5 Å². The third kappa shape index (κ3) is 3.10. The predicted octanol–water partition coefficient (Wildman–Crippen LogP) is 2.82. The van der Waals surface area contributed by atoms with Gasteiger partial charge in [0.15, 0.2) is 0 Å². The number of amides is 1. The van der Waals surface area contributed by atoms with Gasteiger partial charge in [0.1, 0.15) is 5.75 Å². The van der Waals surface area contributed by atoms with Gasteiger partial charge in [0.05, 0.1) is 13.2 Å². The third-order valence-corrected chi connectivity index (χ3v) is 2.91. The van der Waals surface area contributed by atoms with Crippen LogP contribution in [0.15, 0.2) is 35.3 Å². The fraction of sp³-hybridized carbons (Fsp3) is 0.250. The molecule has 1 aromatic rings. The van der Waals surface area contributed by atoms with E-state index in [1.807, 2.05) is 25.1 Å². The summed E-state index contributed by atoms with van der Waals surface area (Å²) in [5.74, 6) is 0.591. The predicted molar refractivity (Wildman–Crippen MR) is 67.4 cm³/mol. The van der Waals surface area contributed by atoms with Crippen LogP contribution in [-0.2, 0) is 4.79 Å². The number of nitrogens with one attached hydrogen (secondary N) is 1. The summed E-state index contributed by atoms with van der Waals surface area (Å²) < 4.78 is 6.00. The van der Waals surface area contributed by atoms with E-state index in [9.17, 15) is 4.79 Å². The second kappa shape index (κ2) is 5.70. The van der Waals surface area contributed by atoms with Crippen LogP contribution < -0.4 is 10.1 Å². The molecule has 0 radical (unpaired) electrons. The van der Waals surface area contributed by atoms with E-state index in [2.05, 4.69) is 27.8 Å². The lowest BCUT2D eigenvalue weighted by Crippen LogP contribution is -2.24. The number of carbonyl (C=O) groups excluding carboxylic acids is 1. The molecule has 1 N–H and O–H groups in total. The van der Waals surface area contributed by atoms with Gasteiger partial charge >= 0.3 is 0 Å². The minimum Gasteiger partial charge on any atom is -0.497 e. The number of ether oxygens (including phenoxy) is 1. The highest BCUT2D eigenvalue weighted by Crippen LogP contribution is 2.27. The molecule has 1 atom stereocenters. The number of hydrogen-bond acceptors (Lipinski definition) is 2. The molecule has 0 heterocycles. The largest absolute Gasteiger partial charge is 0.497 e. The second-order valence-electron chi connectivity index (χ2n) is 3.32. The van der Waals surface area contributed by atoms with E-state index in [0.717, 1.165) is 15.8 Å². The van der Waals surface area contributed by atoms with E-state index in [4.69, 9.17) is 4.74 Å². The van der Waals surface area contributed by atoms with Crippen molar-refractivity contribution in [1.82, 2.24) is 5.32 Å². The van der Waals surface area contributed by atoms with E-state index in [0.29, 0.717) is 0 Å². The van der Waals surface area contributed by atoms with Gasteiger partial charge in [-0.1, -0.05) is 28.6 Å². The van der Waals surface area contributed by atoms with Gasteiger partial charge in [-0.2, -0.15) is 0 Å². The molecular formula is C12H14BrNO2. The Morgan fingerprint density at radius 3 is 2.81 bits per heavy atom. The van der Waals surface area contributed by atoms with Gasteiger partial charge in [0.25, 0.3) is 0 Å². The smallest absolute Gasteiger partial charge is 0.243 e. The monoisotopic (exact) mass is 283 g/mol. The van der Waals surface area contributed by atoms with Crippen molar-refractivity contribution in [2.75, 3.05) is 7.11 Å². The highest BCUT2D eigenvalue weighted by atomic mass is 79.9. The van der Waals surface area contributed by atoms with Crippen LogP contribution in [0.5, 0.6) is 5.75 Å². The molecule has 0 aliphatic rings. The Bertz CT molecular complexity index is 404. The molecule has 0 aliphatic heterocycles. The molecule has 16 heavy (non-hydrogen) atoms. The quantitative estimate of drug-likeness (QED) is 0.863. The van der Waals surface area contributed by atoms with Crippen molar-refractivity contribution in [3.8, 4) is 5.75 Å². The van der Waals surface area contributed by atoms with Crippen molar-refractivity contribution in [3.05, 3.63) is 40.9 Å². The standard InChI is InChI=1S/C12H14BrNO2/c1-4-12(15)14-8(2)10-6-5-9(16-3)7-11(10)13/h4-8H,1H2,2-3H3,(H,14,15)/t8-/m0/s1. The maximum Gasteiger partial charge on any atom is 0.243 e. The maximum absolute atomic E-state index is 11.2. The summed E-state index contributed by atoms with van der Waals surface area (Å²) in [5, 5.41) is 2.80. The van der Waals surface area contributed by atoms with E-state index in [1.165, 1.54) is 6.08 Å². The molecule has 0 fully saturated rings. The molecular weight excluding hydrogens is 270 g/mol. The van der Waals surface area contributed by atoms with Crippen LogP contribution in [-0.4, -0.2) is 13.0 Å². The Balaban J connectivity index is 2.87. The fourth-order valence-corrected chi connectivity index (χ4v) is 2.04. The van der Waals surface area contributed by atoms with E-state index in [1.54, 1.807) is 7.11 Å². The average molecular weight is 284 g/mol. The van der Waals surface area contributed by atoms with Crippen molar-refractivity contribution in [1.29, 1.82) is 0 Å². The van der Waals surface area contributed by atoms with Crippen molar-refractivity contribution in [2.24, 2.45) is 0 Å². The molecule has 0 saturated heterocycles. The lowest BCUT2D eigenvalue weighted by Gasteiger charge is -2.15. The van der Waals surface area contributed by atoms with Gasteiger partial charge in [-0.3, -0.25) is 4.79 Å². The third-order valence-electron chi connectivity index (χ3n) is 2.22. The van der Waals surface area contributed by atoms with Gasteiger partial charge in [0.2, 0.25) is 5.91 Å². The summed E-state index contributed by atoms with van der Waals surface area (Å²) in [6, 6.07) is 5.56. The Kier molecular flexibility index (Phi) is 4.55. The Hall–Kier alpha value is -1.29. The van der Waals surface area contributed by atoms with Crippen LogP contribution in [0.25, 0.3) is 0 Å². The molecule has 0 saturated carbocycles. The first-order valence-corrected chi connectivity index (χ1v) is 5.64. The van der Waals surface area contributed by atoms with Crippen LogP contribution in [0.3, 0.4) is 0 Å². The minimum absolute atomic E-state index is 0.0780. The lowest BCUT2D eigenvalue weighted by atomic mass is 10.1. The van der Waals surface area contributed by atoms with Crippen LogP contribution in [0.2, 0.25) is 0 Å². The molecule has 0 aliphatic carbocycles. The molecule has 0 bridgehead atoms. The zero-order valence-corrected chi connectivity index (χ0v) is 10.9. The van der Waals surface area contributed by atoms with Crippen LogP contribution in [0, 0.1) is 0 Å². The van der Waals surface area contributed by atoms with Gasteiger partial charge in [0, 0.05) is 4.47 Å². The number of methoxy groups -OCH3 is 1.